The van der Waals surface area contributed by atoms with Crippen LogP contribution in [0.15, 0.2) is 0 Å². The Morgan fingerprint density at radius 2 is 2.19 bits per heavy atom. The summed E-state index contributed by atoms with van der Waals surface area (Å²) >= 11 is 0. The molecule has 0 aliphatic carbocycles. The number of rotatable bonds is 4. The summed E-state index contributed by atoms with van der Waals surface area (Å²) in [7, 11) is 0. The first kappa shape index (κ1) is 12.2. The standard InChI is InChI=1S/C9H13N3O4/c1-4-11-8(9(13)16-5-2)7(12(14)15)6(3)10-11/h4-5H2,1-3H3. The van der Waals surface area contributed by atoms with Crippen LogP contribution in [0.4, 0.5) is 5.69 Å². The van der Waals surface area contributed by atoms with E-state index < -0.39 is 10.9 Å². The Morgan fingerprint density at radius 1 is 1.56 bits per heavy atom. The maximum Gasteiger partial charge on any atom is 0.363 e. The van der Waals surface area contributed by atoms with Crippen LogP contribution in [-0.4, -0.2) is 27.3 Å². The monoisotopic (exact) mass is 227 g/mol. The van der Waals surface area contributed by atoms with Crippen molar-refractivity contribution in [1.82, 2.24) is 9.78 Å². The highest BCUT2D eigenvalue weighted by Gasteiger charge is 2.30. The number of nitro groups is 1. The molecule has 1 rings (SSSR count). The predicted octanol–water partition coefficient (Wildman–Crippen LogP) is 1.30. The fourth-order valence-corrected chi connectivity index (χ4v) is 1.42. The topological polar surface area (TPSA) is 87.3 Å². The normalized spacial score (nSPS) is 10.2. The Bertz CT molecular complexity index is 425. The number of carbonyl (C=O) groups is 1. The first-order chi connectivity index (χ1) is 7.52. The van der Waals surface area contributed by atoms with E-state index in [2.05, 4.69) is 5.10 Å². The van der Waals surface area contributed by atoms with Crippen LogP contribution in [0, 0.1) is 17.0 Å². The minimum absolute atomic E-state index is 0.0909. The average molecular weight is 227 g/mol. The van der Waals surface area contributed by atoms with Gasteiger partial charge in [0.2, 0.25) is 5.69 Å². The molecule has 0 fully saturated rings. The minimum Gasteiger partial charge on any atom is -0.461 e. The Morgan fingerprint density at radius 3 is 2.62 bits per heavy atom. The van der Waals surface area contributed by atoms with Gasteiger partial charge in [-0.15, -0.1) is 0 Å². The summed E-state index contributed by atoms with van der Waals surface area (Å²) in [6.45, 7) is 5.43. The summed E-state index contributed by atoms with van der Waals surface area (Å²) in [5, 5.41) is 14.8. The molecule has 0 spiro atoms. The van der Waals surface area contributed by atoms with Crippen molar-refractivity contribution in [2.45, 2.75) is 27.3 Å². The predicted molar refractivity (Wildman–Crippen MR) is 55.2 cm³/mol. The summed E-state index contributed by atoms with van der Waals surface area (Å²) in [5.74, 6) is -0.711. The van der Waals surface area contributed by atoms with Crippen LogP contribution in [-0.2, 0) is 11.3 Å². The van der Waals surface area contributed by atoms with E-state index in [0.29, 0.717) is 6.54 Å². The van der Waals surface area contributed by atoms with Crippen molar-refractivity contribution in [3.8, 4) is 0 Å². The molecule has 0 saturated carbocycles. The van der Waals surface area contributed by atoms with Gasteiger partial charge in [-0.1, -0.05) is 0 Å². The molecule has 0 amide bonds. The molecular weight excluding hydrogens is 214 g/mol. The molecule has 0 bridgehead atoms. The van der Waals surface area contributed by atoms with Crippen molar-refractivity contribution in [3.63, 3.8) is 0 Å². The van der Waals surface area contributed by atoms with Crippen molar-refractivity contribution in [2.24, 2.45) is 0 Å². The van der Waals surface area contributed by atoms with Crippen molar-refractivity contribution in [2.75, 3.05) is 6.61 Å². The quantitative estimate of drug-likeness (QED) is 0.439. The second kappa shape index (κ2) is 4.73. The zero-order chi connectivity index (χ0) is 12.3. The van der Waals surface area contributed by atoms with Gasteiger partial charge in [0.1, 0.15) is 5.69 Å². The largest absolute Gasteiger partial charge is 0.461 e. The molecule has 0 atom stereocenters. The highest BCUT2D eigenvalue weighted by molar-refractivity contribution is 5.92. The van der Waals surface area contributed by atoms with Gasteiger partial charge in [0.25, 0.3) is 0 Å². The lowest BCUT2D eigenvalue weighted by Gasteiger charge is -2.02. The Hall–Kier alpha value is -1.92. The van der Waals surface area contributed by atoms with Gasteiger partial charge in [-0.3, -0.25) is 14.8 Å². The van der Waals surface area contributed by atoms with E-state index in [4.69, 9.17) is 4.74 Å². The van der Waals surface area contributed by atoms with Crippen LogP contribution in [0.25, 0.3) is 0 Å². The van der Waals surface area contributed by atoms with E-state index in [9.17, 15) is 14.9 Å². The van der Waals surface area contributed by atoms with Crippen molar-refractivity contribution in [3.05, 3.63) is 21.5 Å². The van der Waals surface area contributed by atoms with Gasteiger partial charge in [-0.25, -0.2) is 4.79 Å². The van der Waals surface area contributed by atoms with Crippen molar-refractivity contribution in [1.29, 1.82) is 0 Å². The van der Waals surface area contributed by atoms with Crippen LogP contribution < -0.4 is 0 Å². The second-order valence-corrected chi connectivity index (χ2v) is 3.08. The van der Waals surface area contributed by atoms with Gasteiger partial charge < -0.3 is 4.74 Å². The van der Waals surface area contributed by atoms with E-state index in [-0.39, 0.29) is 23.7 Å². The fraction of sp³-hybridized carbons (Fsp3) is 0.556. The number of carbonyl (C=O) groups excluding carboxylic acids is 1. The molecule has 0 aliphatic heterocycles. The summed E-state index contributed by atoms with van der Waals surface area (Å²) in [4.78, 5) is 21.8. The fourth-order valence-electron chi connectivity index (χ4n) is 1.42. The van der Waals surface area contributed by atoms with E-state index in [1.54, 1.807) is 13.8 Å². The molecule has 7 nitrogen and oxygen atoms in total. The van der Waals surface area contributed by atoms with Crippen LogP contribution >= 0.6 is 0 Å². The van der Waals surface area contributed by atoms with Crippen molar-refractivity contribution < 1.29 is 14.5 Å². The van der Waals surface area contributed by atoms with Gasteiger partial charge in [-0.2, -0.15) is 5.10 Å². The Labute approximate surface area is 92.2 Å². The van der Waals surface area contributed by atoms with E-state index in [1.807, 2.05) is 0 Å². The highest BCUT2D eigenvalue weighted by atomic mass is 16.6. The third-order valence-corrected chi connectivity index (χ3v) is 2.05. The number of hydrogen-bond donors (Lipinski definition) is 0. The lowest BCUT2D eigenvalue weighted by Crippen LogP contribution is -2.14. The summed E-state index contributed by atoms with van der Waals surface area (Å²) in [6.07, 6.45) is 0. The van der Waals surface area contributed by atoms with Crippen LogP contribution in [0.5, 0.6) is 0 Å². The molecule has 0 saturated heterocycles. The second-order valence-electron chi connectivity index (χ2n) is 3.08. The summed E-state index contributed by atoms with van der Waals surface area (Å²) in [5.41, 5.74) is -0.151. The molecule has 0 N–H and O–H groups in total. The van der Waals surface area contributed by atoms with E-state index in [0.717, 1.165) is 0 Å². The van der Waals surface area contributed by atoms with Gasteiger partial charge in [0.05, 0.1) is 11.5 Å². The molecule has 0 aromatic carbocycles. The lowest BCUT2D eigenvalue weighted by molar-refractivity contribution is -0.385. The smallest absolute Gasteiger partial charge is 0.363 e. The maximum atomic E-state index is 11.6. The third-order valence-electron chi connectivity index (χ3n) is 2.05. The molecule has 88 valence electrons. The van der Waals surface area contributed by atoms with E-state index >= 15 is 0 Å². The zero-order valence-electron chi connectivity index (χ0n) is 9.39. The Balaban J connectivity index is 3.32. The third kappa shape index (κ3) is 2.02. The molecule has 1 aromatic rings. The molecule has 1 aromatic heterocycles. The minimum atomic E-state index is -0.711. The van der Waals surface area contributed by atoms with Gasteiger partial charge in [0, 0.05) is 6.54 Å². The first-order valence-corrected chi connectivity index (χ1v) is 4.91. The van der Waals surface area contributed by atoms with Gasteiger partial charge >= 0.3 is 11.7 Å². The molecule has 0 unspecified atom stereocenters. The number of ether oxygens (including phenoxy) is 1. The first-order valence-electron chi connectivity index (χ1n) is 4.91. The SMILES string of the molecule is CCOC(=O)c1c([N+](=O)[O-])c(C)nn1CC. The van der Waals surface area contributed by atoms with Crippen LogP contribution in [0.1, 0.15) is 30.0 Å². The van der Waals surface area contributed by atoms with Gasteiger partial charge in [0.15, 0.2) is 0 Å². The molecule has 0 radical (unpaired) electrons. The summed E-state index contributed by atoms with van der Waals surface area (Å²) in [6, 6.07) is 0. The van der Waals surface area contributed by atoms with Crippen LogP contribution in [0.2, 0.25) is 0 Å². The van der Waals surface area contributed by atoms with E-state index in [1.165, 1.54) is 11.6 Å². The number of hydrogen-bond acceptors (Lipinski definition) is 5. The molecule has 1 heterocycles. The lowest BCUT2D eigenvalue weighted by atomic mass is 10.3. The van der Waals surface area contributed by atoms with Gasteiger partial charge in [-0.05, 0) is 20.8 Å². The highest BCUT2D eigenvalue weighted by Crippen LogP contribution is 2.23. The van der Waals surface area contributed by atoms with Crippen molar-refractivity contribution >= 4 is 11.7 Å². The zero-order valence-corrected chi connectivity index (χ0v) is 9.39. The molecule has 0 aliphatic rings. The molecule has 7 heteroatoms. The maximum absolute atomic E-state index is 11.6. The average Bonchev–Trinajstić information content (AvgIpc) is 2.55. The molecular formula is C9H13N3O4. The number of nitrogens with zero attached hydrogens (tertiary/aromatic N) is 3. The van der Waals surface area contributed by atoms with Crippen LogP contribution in [0.3, 0.4) is 0 Å². The summed E-state index contributed by atoms with van der Waals surface area (Å²) < 4.78 is 6.05. The Kier molecular flexibility index (Phi) is 3.60. The number of esters is 1. The molecule has 16 heavy (non-hydrogen) atoms. The number of aryl methyl sites for hydroxylation is 2. The number of aromatic nitrogens is 2.